The minimum Gasteiger partial charge on any atom is -0.285 e. The van der Waals surface area contributed by atoms with Gasteiger partial charge in [0.15, 0.2) is 21.9 Å². The third kappa shape index (κ3) is 5.10. The summed E-state index contributed by atoms with van der Waals surface area (Å²) in [5.74, 6) is -3.57. The molecule has 4 nitrogen and oxygen atoms in total. The van der Waals surface area contributed by atoms with Crippen LogP contribution in [0.5, 0.6) is 0 Å². The molecule has 0 amide bonds. The maximum Gasteiger partial charge on any atom is 0.349 e. The van der Waals surface area contributed by atoms with Crippen molar-refractivity contribution in [3.05, 3.63) is 81.3 Å². The average molecular weight is 413 g/mol. The summed E-state index contributed by atoms with van der Waals surface area (Å²) in [4.78, 5) is 21.9. The minimum atomic E-state index is -1.28. The van der Waals surface area contributed by atoms with Crippen LogP contribution in [0.4, 0.5) is 17.6 Å². The van der Waals surface area contributed by atoms with Crippen molar-refractivity contribution in [2.75, 3.05) is 0 Å². The molecule has 0 atom stereocenters. The highest BCUT2D eigenvalue weighted by molar-refractivity contribution is 7.99. The molecule has 1 heterocycles. The van der Waals surface area contributed by atoms with Gasteiger partial charge in [-0.1, -0.05) is 41.7 Å². The lowest BCUT2D eigenvalue weighted by Crippen LogP contribution is -2.14. The van der Waals surface area contributed by atoms with Gasteiger partial charge in [-0.3, -0.25) is 4.98 Å². The molecule has 1 N–H and O–H groups in total. The number of hydrogen-bond acceptors (Lipinski definition) is 5. The van der Waals surface area contributed by atoms with Gasteiger partial charge in [-0.15, -0.1) is 0 Å². The molecule has 0 radical (unpaired) electrons. The zero-order valence-electron chi connectivity index (χ0n) is 13.5. The first-order valence-corrected chi connectivity index (χ1v) is 9.50. The summed E-state index contributed by atoms with van der Waals surface area (Å²) in [6.07, 6.45) is 0. The molecule has 0 unspecified atom stereocenters. The van der Waals surface area contributed by atoms with Crippen molar-refractivity contribution in [2.45, 2.75) is 21.8 Å². The lowest BCUT2D eigenvalue weighted by molar-refractivity contribution is 0.492. The zero-order chi connectivity index (χ0) is 19.4. The Morgan fingerprint density at radius 3 is 2.30 bits per heavy atom. The number of nitrogens with zero attached hydrogens (tertiary/aromatic N) is 2. The van der Waals surface area contributed by atoms with Crippen LogP contribution in [0.3, 0.4) is 0 Å². The van der Waals surface area contributed by atoms with E-state index in [1.807, 2.05) is 0 Å². The van der Waals surface area contributed by atoms with Crippen LogP contribution in [0.15, 0.2) is 51.5 Å². The molecule has 0 aliphatic carbocycles. The van der Waals surface area contributed by atoms with Gasteiger partial charge >= 0.3 is 5.69 Å². The zero-order valence-corrected chi connectivity index (χ0v) is 15.1. The number of thioether (sulfide) groups is 2. The number of rotatable bonds is 6. The quantitative estimate of drug-likeness (QED) is 0.371. The van der Waals surface area contributed by atoms with Gasteiger partial charge in [-0.25, -0.2) is 22.4 Å². The predicted molar refractivity (Wildman–Crippen MR) is 94.5 cm³/mol. The highest BCUT2D eigenvalue weighted by atomic mass is 32.2. The van der Waals surface area contributed by atoms with E-state index in [9.17, 15) is 22.4 Å². The fraction of sp³-hybridized carbons (Fsp3) is 0.118. The molecule has 3 aromatic rings. The summed E-state index contributed by atoms with van der Waals surface area (Å²) in [5, 5.41) is 0.255. The molecule has 27 heavy (non-hydrogen) atoms. The van der Waals surface area contributed by atoms with Gasteiger partial charge in [-0.2, -0.15) is 9.97 Å². The molecule has 1 aromatic heterocycles. The second kappa shape index (κ2) is 8.57. The fourth-order valence-corrected chi connectivity index (χ4v) is 3.76. The molecule has 3 rings (SSSR count). The van der Waals surface area contributed by atoms with Crippen molar-refractivity contribution in [3.8, 4) is 0 Å². The number of hydrogen-bond donors (Lipinski definition) is 1. The molecule has 0 spiro atoms. The van der Waals surface area contributed by atoms with Crippen LogP contribution < -0.4 is 5.69 Å². The maximum atomic E-state index is 13.7. The highest BCUT2D eigenvalue weighted by Gasteiger charge is 2.12. The first-order chi connectivity index (χ1) is 12.9. The Morgan fingerprint density at radius 2 is 1.52 bits per heavy atom. The SMILES string of the molecule is O=c1nc(SCc2cc(F)c(F)cc2F)nc(SCc2ccccc2F)[nH]1. The molecule has 0 aliphatic heterocycles. The standard InChI is InChI=1S/C17H11F4N3OS2/c18-11-4-2-1-3-9(11)7-26-16-22-15(25)23-17(24-16)27-8-10-5-13(20)14(21)6-12(10)19/h1-6H,7-8H2,(H,22,23,24,25). The number of benzene rings is 2. The topological polar surface area (TPSA) is 58.6 Å². The Bertz CT molecular complexity index is 1030. The predicted octanol–water partition coefficient (Wildman–Crippen LogP) is 4.31. The number of halogens is 4. The van der Waals surface area contributed by atoms with E-state index in [-0.39, 0.29) is 33.2 Å². The summed E-state index contributed by atoms with van der Waals surface area (Å²) in [5.41, 5.74) is -0.308. The second-order valence-electron chi connectivity index (χ2n) is 5.27. The molecule has 0 bridgehead atoms. The van der Waals surface area contributed by atoms with Crippen LogP contribution in [0.1, 0.15) is 11.1 Å². The molecule has 0 fully saturated rings. The maximum absolute atomic E-state index is 13.7. The van der Waals surface area contributed by atoms with Crippen molar-refractivity contribution in [1.29, 1.82) is 0 Å². The fourth-order valence-electron chi connectivity index (χ4n) is 2.06. The summed E-state index contributed by atoms with van der Waals surface area (Å²) in [6, 6.07) is 7.42. The van der Waals surface area contributed by atoms with Crippen molar-refractivity contribution in [3.63, 3.8) is 0 Å². The molecular weight excluding hydrogens is 402 g/mol. The smallest absolute Gasteiger partial charge is 0.285 e. The van der Waals surface area contributed by atoms with E-state index in [0.29, 0.717) is 11.6 Å². The van der Waals surface area contributed by atoms with E-state index in [0.717, 1.165) is 29.6 Å². The van der Waals surface area contributed by atoms with Crippen molar-refractivity contribution >= 4 is 23.5 Å². The third-order valence-electron chi connectivity index (χ3n) is 3.38. The van der Waals surface area contributed by atoms with Crippen LogP contribution in [0.25, 0.3) is 0 Å². The number of H-pyrrole nitrogens is 1. The van der Waals surface area contributed by atoms with Crippen LogP contribution in [-0.4, -0.2) is 15.0 Å². The van der Waals surface area contributed by atoms with Crippen molar-refractivity contribution in [1.82, 2.24) is 15.0 Å². The lowest BCUT2D eigenvalue weighted by Gasteiger charge is -2.05. The van der Waals surface area contributed by atoms with E-state index in [1.165, 1.54) is 6.07 Å². The van der Waals surface area contributed by atoms with E-state index in [2.05, 4.69) is 15.0 Å². The van der Waals surface area contributed by atoms with Crippen LogP contribution in [0, 0.1) is 23.3 Å². The van der Waals surface area contributed by atoms with Gasteiger partial charge in [-0.05, 0) is 17.7 Å². The summed E-state index contributed by atoms with van der Waals surface area (Å²) in [7, 11) is 0. The van der Waals surface area contributed by atoms with E-state index in [4.69, 9.17) is 0 Å². The van der Waals surface area contributed by atoms with Gasteiger partial charge in [0.05, 0.1) is 0 Å². The Hall–Kier alpha value is -2.33. The van der Waals surface area contributed by atoms with E-state index >= 15 is 0 Å². The molecule has 2 aromatic carbocycles. The first kappa shape index (κ1) is 19.4. The highest BCUT2D eigenvalue weighted by Crippen LogP contribution is 2.25. The van der Waals surface area contributed by atoms with Crippen LogP contribution in [-0.2, 0) is 11.5 Å². The second-order valence-corrected chi connectivity index (χ2v) is 7.17. The minimum absolute atomic E-state index is 0.0407. The number of aromatic amines is 1. The van der Waals surface area contributed by atoms with Crippen LogP contribution in [0.2, 0.25) is 0 Å². The third-order valence-corrected chi connectivity index (χ3v) is 5.19. The Morgan fingerprint density at radius 1 is 0.815 bits per heavy atom. The Labute approximate surface area is 159 Å². The van der Waals surface area contributed by atoms with Gasteiger partial charge < -0.3 is 0 Å². The molecule has 0 aliphatic rings. The molecule has 10 heteroatoms. The molecule has 140 valence electrons. The molecule has 0 saturated heterocycles. The summed E-state index contributed by atoms with van der Waals surface area (Å²) < 4.78 is 53.5. The monoisotopic (exact) mass is 413 g/mol. The Kier molecular flexibility index (Phi) is 6.17. The largest absolute Gasteiger partial charge is 0.349 e. The van der Waals surface area contributed by atoms with Crippen molar-refractivity contribution < 1.29 is 17.6 Å². The number of aromatic nitrogens is 3. The first-order valence-electron chi connectivity index (χ1n) is 7.53. The normalized spacial score (nSPS) is 11.0. The van der Waals surface area contributed by atoms with Gasteiger partial charge in [0, 0.05) is 23.1 Å². The summed E-state index contributed by atoms with van der Waals surface area (Å²) >= 11 is 2.00. The van der Waals surface area contributed by atoms with Gasteiger partial charge in [0.25, 0.3) is 0 Å². The van der Waals surface area contributed by atoms with Gasteiger partial charge in [0.2, 0.25) is 0 Å². The Balaban J connectivity index is 1.71. The average Bonchev–Trinajstić information content (AvgIpc) is 2.62. The molecule has 0 saturated carbocycles. The van der Waals surface area contributed by atoms with Crippen molar-refractivity contribution in [2.24, 2.45) is 0 Å². The molecular formula is C17H11F4N3OS2. The van der Waals surface area contributed by atoms with E-state index in [1.54, 1.807) is 18.2 Å². The van der Waals surface area contributed by atoms with Gasteiger partial charge in [0.1, 0.15) is 11.6 Å². The number of nitrogens with one attached hydrogen (secondary N) is 1. The van der Waals surface area contributed by atoms with Crippen LogP contribution >= 0.6 is 23.5 Å². The van der Waals surface area contributed by atoms with E-state index < -0.39 is 23.1 Å². The summed E-state index contributed by atoms with van der Waals surface area (Å²) in [6.45, 7) is 0. The lowest BCUT2D eigenvalue weighted by atomic mass is 10.2.